The van der Waals surface area contributed by atoms with Gasteiger partial charge in [0.15, 0.2) is 0 Å². The molecule has 2 aliphatic heterocycles. The van der Waals surface area contributed by atoms with Crippen molar-refractivity contribution in [1.82, 2.24) is 10.2 Å². The van der Waals surface area contributed by atoms with E-state index in [1.165, 1.54) is 4.90 Å². The highest BCUT2D eigenvalue weighted by Gasteiger charge is 2.45. The van der Waals surface area contributed by atoms with E-state index in [-0.39, 0.29) is 6.09 Å². The van der Waals surface area contributed by atoms with Crippen molar-refractivity contribution < 1.29 is 19.4 Å². The van der Waals surface area contributed by atoms with E-state index < -0.39 is 11.2 Å². The summed E-state index contributed by atoms with van der Waals surface area (Å²) in [4.78, 5) is 13.4. The van der Waals surface area contributed by atoms with Crippen LogP contribution < -0.4 is 5.32 Å². The first-order chi connectivity index (χ1) is 9.69. The zero-order valence-electron chi connectivity index (χ0n) is 13.5. The minimum absolute atomic E-state index is 0.312. The smallest absolute Gasteiger partial charge is 0.410 e. The molecule has 2 fully saturated rings. The first-order valence-corrected chi connectivity index (χ1v) is 7.70. The van der Waals surface area contributed by atoms with Gasteiger partial charge in [-0.25, -0.2) is 4.79 Å². The van der Waals surface area contributed by atoms with E-state index in [1.54, 1.807) is 0 Å². The molecule has 0 spiro atoms. The van der Waals surface area contributed by atoms with Gasteiger partial charge in [-0.2, -0.15) is 0 Å². The number of β-amino-alcohol motifs (C(OH)–C–C–N with tert-alkyl or cyclic N) is 1. The Kier molecular flexibility index (Phi) is 4.80. The number of ether oxygens (including phenoxy) is 2. The molecule has 0 bridgehead atoms. The summed E-state index contributed by atoms with van der Waals surface area (Å²) in [5, 5.41) is 13.7. The SMILES string of the molecule is CC(NCC1(O)CN(C(=O)OC(C)(C)C)C1)C1CCOC1. The number of aliphatic hydroxyl groups is 1. The van der Waals surface area contributed by atoms with Crippen LogP contribution in [0.4, 0.5) is 4.79 Å². The zero-order valence-corrected chi connectivity index (χ0v) is 13.5. The van der Waals surface area contributed by atoms with Crippen molar-refractivity contribution in [2.24, 2.45) is 5.92 Å². The molecule has 2 aliphatic rings. The molecule has 0 aliphatic carbocycles. The van der Waals surface area contributed by atoms with Crippen molar-refractivity contribution in [2.75, 3.05) is 32.8 Å². The Morgan fingerprint density at radius 2 is 2.19 bits per heavy atom. The summed E-state index contributed by atoms with van der Waals surface area (Å²) in [7, 11) is 0. The normalized spacial score (nSPS) is 26.3. The molecular weight excluding hydrogens is 272 g/mol. The summed E-state index contributed by atoms with van der Waals surface area (Å²) < 4.78 is 10.7. The van der Waals surface area contributed by atoms with Crippen LogP contribution in [0, 0.1) is 5.92 Å². The molecule has 2 saturated heterocycles. The molecule has 2 atom stereocenters. The third-order valence-electron chi connectivity index (χ3n) is 4.05. The van der Waals surface area contributed by atoms with Crippen molar-refractivity contribution >= 4 is 6.09 Å². The summed E-state index contributed by atoms with van der Waals surface area (Å²) in [6, 6.07) is 0.312. The van der Waals surface area contributed by atoms with E-state index in [4.69, 9.17) is 9.47 Å². The van der Waals surface area contributed by atoms with Gasteiger partial charge in [0.25, 0.3) is 0 Å². The van der Waals surface area contributed by atoms with Crippen molar-refractivity contribution in [3.05, 3.63) is 0 Å². The third kappa shape index (κ3) is 4.56. The van der Waals surface area contributed by atoms with Gasteiger partial charge in [0.05, 0.1) is 19.7 Å². The van der Waals surface area contributed by atoms with E-state index in [0.717, 1.165) is 19.6 Å². The van der Waals surface area contributed by atoms with Crippen LogP contribution in [0.2, 0.25) is 0 Å². The lowest BCUT2D eigenvalue weighted by molar-refractivity contribution is -0.0973. The summed E-state index contributed by atoms with van der Waals surface area (Å²) >= 11 is 0. The quantitative estimate of drug-likeness (QED) is 0.810. The highest BCUT2D eigenvalue weighted by molar-refractivity contribution is 5.69. The summed E-state index contributed by atoms with van der Waals surface area (Å²) in [6.07, 6.45) is 0.709. The second-order valence-corrected chi connectivity index (χ2v) is 7.35. The number of likely N-dealkylation sites (tertiary alicyclic amines) is 1. The standard InChI is InChI=1S/C15H28N2O4/c1-11(12-5-6-20-7-12)16-8-15(19)9-17(10-15)13(18)21-14(2,3)4/h11-12,16,19H,5-10H2,1-4H3. The molecule has 0 aromatic carbocycles. The first-order valence-electron chi connectivity index (χ1n) is 7.70. The fraction of sp³-hybridized carbons (Fsp3) is 0.933. The fourth-order valence-electron chi connectivity index (χ4n) is 2.70. The lowest BCUT2D eigenvalue weighted by atomic mass is 9.93. The van der Waals surface area contributed by atoms with E-state index in [9.17, 15) is 9.90 Å². The molecule has 1 amide bonds. The molecule has 2 rings (SSSR count). The van der Waals surface area contributed by atoms with Crippen LogP contribution in [0.5, 0.6) is 0 Å². The number of carbonyl (C=O) groups excluding carboxylic acids is 1. The van der Waals surface area contributed by atoms with Gasteiger partial charge < -0.3 is 24.8 Å². The van der Waals surface area contributed by atoms with Crippen LogP contribution >= 0.6 is 0 Å². The van der Waals surface area contributed by atoms with Gasteiger partial charge in [-0.1, -0.05) is 0 Å². The van der Waals surface area contributed by atoms with Gasteiger partial charge in [0.2, 0.25) is 0 Å². The second-order valence-electron chi connectivity index (χ2n) is 7.35. The van der Waals surface area contributed by atoms with Crippen LogP contribution in [0.1, 0.15) is 34.1 Å². The summed E-state index contributed by atoms with van der Waals surface area (Å²) in [6.45, 7) is 10.4. The second kappa shape index (κ2) is 6.10. The Morgan fingerprint density at radius 1 is 1.52 bits per heavy atom. The third-order valence-corrected chi connectivity index (χ3v) is 4.05. The molecule has 2 N–H and O–H groups in total. The number of nitrogens with one attached hydrogen (secondary N) is 1. The molecule has 6 nitrogen and oxygen atoms in total. The first kappa shape index (κ1) is 16.5. The van der Waals surface area contributed by atoms with E-state index in [1.807, 2.05) is 20.8 Å². The van der Waals surface area contributed by atoms with Gasteiger partial charge in [0.1, 0.15) is 11.2 Å². The van der Waals surface area contributed by atoms with Crippen molar-refractivity contribution in [2.45, 2.75) is 51.4 Å². The van der Waals surface area contributed by atoms with E-state index in [0.29, 0.717) is 31.6 Å². The maximum atomic E-state index is 11.8. The molecule has 21 heavy (non-hydrogen) atoms. The van der Waals surface area contributed by atoms with Crippen LogP contribution in [0.3, 0.4) is 0 Å². The van der Waals surface area contributed by atoms with Gasteiger partial charge >= 0.3 is 6.09 Å². The van der Waals surface area contributed by atoms with Crippen molar-refractivity contribution in [3.8, 4) is 0 Å². The topological polar surface area (TPSA) is 71.0 Å². The fourth-order valence-corrected chi connectivity index (χ4v) is 2.70. The van der Waals surface area contributed by atoms with Crippen molar-refractivity contribution in [1.29, 1.82) is 0 Å². The van der Waals surface area contributed by atoms with Gasteiger partial charge in [-0.3, -0.25) is 0 Å². The molecule has 0 saturated carbocycles. The monoisotopic (exact) mass is 300 g/mol. The average molecular weight is 300 g/mol. The van der Waals surface area contributed by atoms with Crippen LogP contribution in [0.15, 0.2) is 0 Å². The van der Waals surface area contributed by atoms with Crippen LogP contribution in [-0.4, -0.2) is 66.2 Å². The number of carbonyl (C=O) groups is 1. The number of hydrogen-bond donors (Lipinski definition) is 2. The highest BCUT2D eigenvalue weighted by atomic mass is 16.6. The van der Waals surface area contributed by atoms with E-state index in [2.05, 4.69) is 12.2 Å². The number of rotatable bonds is 4. The summed E-state index contributed by atoms with van der Waals surface area (Å²) in [5.41, 5.74) is -1.34. The molecule has 6 heteroatoms. The minimum Gasteiger partial charge on any atom is -0.444 e. The number of hydrogen-bond acceptors (Lipinski definition) is 5. The predicted molar refractivity (Wildman–Crippen MR) is 79.1 cm³/mol. The Hall–Kier alpha value is -0.850. The largest absolute Gasteiger partial charge is 0.444 e. The highest BCUT2D eigenvalue weighted by Crippen LogP contribution is 2.24. The maximum Gasteiger partial charge on any atom is 0.410 e. The molecule has 2 unspecified atom stereocenters. The Labute approximate surface area is 126 Å². The summed E-state index contributed by atoms with van der Waals surface area (Å²) in [5.74, 6) is 0.510. The van der Waals surface area contributed by atoms with Crippen LogP contribution in [0.25, 0.3) is 0 Å². The molecular formula is C15H28N2O4. The number of nitrogens with zero attached hydrogens (tertiary/aromatic N) is 1. The number of amides is 1. The average Bonchev–Trinajstić information content (AvgIpc) is 2.84. The molecule has 0 radical (unpaired) electrons. The van der Waals surface area contributed by atoms with Crippen LogP contribution in [-0.2, 0) is 9.47 Å². The van der Waals surface area contributed by atoms with E-state index >= 15 is 0 Å². The minimum atomic E-state index is -0.843. The zero-order chi connectivity index (χ0) is 15.7. The van der Waals surface area contributed by atoms with Gasteiger partial charge in [-0.05, 0) is 40.0 Å². The maximum absolute atomic E-state index is 11.8. The van der Waals surface area contributed by atoms with Gasteiger partial charge in [-0.15, -0.1) is 0 Å². The van der Waals surface area contributed by atoms with Gasteiger partial charge in [0, 0.05) is 19.2 Å². The van der Waals surface area contributed by atoms with Crippen molar-refractivity contribution in [3.63, 3.8) is 0 Å². The lowest BCUT2D eigenvalue weighted by Crippen LogP contribution is -2.68. The predicted octanol–water partition coefficient (Wildman–Crippen LogP) is 0.983. The molecule has 0 aromatic rings. The molecule has 122 valence electrons. The lowest BCUT2D eigenvalue weighted by Gasteiger charge is -2.47. The molecule has 2 heterocycles. The Balaban J connectivity index is 1.70. The Morgan fingerprint density at radius 3 is 2.71 bits per heavy atom. The Bertz CT molecular complexity index is 368. The molecule has 0 aromatic heterocycles.